The molecule has 4 rings (SSSR count). The number of aromatic nitrogens is 2. The van der Waals surface area contributed by atoms with E-state index in [1.54, 1.807) is 67.4 Å². The van der Waals surface area contributed by atoms with Crippen LogP contribution in [-0.4, -0.2) is 35.5 Å². The molecule has 0 spiro atoms. The van der Waals surface area contributed by atoms with Gasteiger partial charge < -0.3 is 4.74 Å². The zero-order chi connectivity index (χ0) is 22.8. The van der Waals surface area contributed by atoms with E-state index in [2.05, 4.69) is 4.98 Å². The summed E-state index contributed by atoms with van der Waals surface area (Å²) in [5, 5.41) is 1.36. The van der Waals surface area contributed by atoms with Gasteiger partial charge in [0, 0.05) is 34.9 Å². The Morgan fingerprint density at radius 3 is 2.50 bits per heavy atom. The number of ether oxygens (including phenoxy) is 1. The molecule has 0 unspecified atom stereocenters. The van der Waals surface area contributed by atoms with Crippen molar-refractivity contribution in [3.8, 4) is 5.75 Å². The van der Waals surface area contributed by atoms with Crippen LogP contribution in [0.4, 0.5) is 5.82 Å². The molecule has 2 heterocycles. The number of nitrogens with zero attached hydrogens (tertiary/aromatic N) is 3. The van der Waals surface area contributed by atoms with Crippen LogP contribution in [0.5, 0.6) is 5.75 Å². The zero-order valence-electron chi connectivity index (χ0n) is 18.0. The minimum atomic E-state index is -0.189. The van der Waals surface area contributed by atoms with Crippen molar-refractivity contribution in [3.63, 3.8) is 0 Å². The van der Waals surface area contributed by atoms with E-state index in [-0.39, 0.29) is 18.2 Å². The van der Waals surface area contributed by atoms with Gasteiger partial charge in [-0.05, 0) is 67.1 Å². The molecule has 2 aromatic heterocycles. The number of amides is 1. The van der Waals surface area contributed by atoms with Crippen molar-refractivity contribution in [1.82, 2.24) is 9.55 Å². The van der Waals surface area contributed by atoms with E-state index in [0.29, 0.717) is 33.4 Å². The van der Waals surface area contributed by atoms with Crippen molar-refractivity contribution < 1.29 is 14.3 Å². The number of fused-ring (bicyclic) bond motifs is 1. The highest BCUT2D eigenvalue weighted by Gasteiger charge is 2.23. The van der Waals surface area contributed by atoms with Crippen LogP contribution in [-0.2, 0) is 11.2 Å². The molecule has 7 heteroatoms. The van der Waals surface area contributed by atoms with Gasteiger partial charge in [0.15, 0.2) is 0 Å². The van der Waals surface area contributed by atoms with Gasteiger partial charge in [-0.3, -0.25) is 19.1 Å². The van der Waals surface area contributed by atoms with E-state index in [0.717, 1.165) is 10.9 Å². The Labute approximate surface area is 191 Å². The van der Waals surface area contributed by atoms with Crippen LogP contribution in [0, 0.1) is 6.92 Å². The maximum absolute atomic E-state index is 13.4. The number of hydrogen-bond donors (Lipinski definition) is 0. The van der Waals surface area contributed by atoms with Crippen LogP contribution < -0.4 is 9.64 Å². The maximum atomic E-state index is 13.4. The Bertz CT molecular complexity index is 1300. The predicted octanol–water partition coefficient (Wildman–Crippen LogP) is 4.90. The number of anilines is 1. The molecule has 0 saturated heterocycles. The van der Waals surface area contributed by atoms with Crippen molar-refractivity contribution in [2.45, 2.75) is 13.3 Å². The predicted molar refractivity (Wildman–Crippen MR) is 126 cm³/mol. The molecule has 0 bridgehead atoms. The average Bonchev–Trinajstić information content (AvgIpc) is 3.09. The number of methoxy groups -OCH3 is 1. The molecule has 162 valence electrons. The minimum Gasteiger partial charge on any atom is -0.497 e. The number of likely N-dealkylation sites (N-methyl/N-ethyl adjacent to an activating group) is 1. The smallest absolute Gasteiger partial charge is 0.262 e. The van der Waals surface area contributed by atoms with E-state index >= 15 is 0 Å². The number of rotatable bonds is 5. The first kappa shape index (κ1) is 21.6. The summed E-state index contributed by atoms with van der Waals surface area (Å²) < 4.78 is 7.03. The van der Waals surface area contributed by atoms with Gasteiger partial charge >= 0.3 is 0 Å². The fourth-order valence-electron chi connectivity index (χ4n) is 3.75. The van der Waals surface area contributed by atoms with Gasteiger partial charge in [-0.2, -0.15) is 0 Å². The van der Waals surface area contributed by atoms with Gasteiger partial charge in [0.25, 0.3) is 5.91 Å². The third-order valence-electron chi connectivity index (χ3n) is 5.53. The first-order chi connectivity index (χ1) is 15.4. The van der Waals surface area contributed by atoms with Gasteiger partial charge in [0.1, 0.15) is 11.6 Å². The monoisotopic (exact) mass is 447 g/mol. The molecule has 0 aliphatic heterocycles. The molecule has 0 aliphatic rings. The molecule has 0 aliphatic carbocycles. The van der Waals surface area contributed by atoms with Crippen LogP contribution in [0.25, 0.3) is 10.9 Å². The zero-order valence-corrected chi connectivity index (χ0v) is 18.8. The standard InChI is InChI=1S/C25H22ClN3O3/c1-16-20(15-24(30)28(2)23-6-4-5-13-27-23)21-14-19(32-3)11-12-22(21)29(16)25(31)17-7-9-18(26)10-8-17/h4-14H,15H2,1-3H3. The number of carbonyl (C=O) groups is 2. The Morgan fingerprint density at radius 2 is 1.84 bits per heavy atom. The van der Waals surface area contributed by atoms with Crippen LogP contribution in [0.1, 0.15) is 21.6 Å². The van der Waals surface area contributed by atoms with Crippen molar-refractivity contribution in [2.24, 2.45) is 0 Å². The van der Waals surface area contributed by atoms with Crippen LogP contribution in [0.3, 0.4) is 0 Å². The average molecular weight is 448 g/mol. The molecule has 2 aromatic carbocycles. The Balaban J connectivity index is 1.80. The number of halogens is 1. The third-order valence-corrected chi connectivity index (χ3v) is 5.78. The van der Waals surface area contributed by atoms with Crippen LogP contribution in [0.15, 0.2) is 66.9 Å². The Kier molecular flexibility index (Phi) is 5.97. The van der Waals surface area contributed by atoms with Crippen molar-refractivity contribution in [2.75, 3.05) is 19.1 Å². The summed E-state index contributed by atoms with van der Waals surface area (Å²) >= 11 is 5.98. The summed E-state index contributed by atoms with van der Waals surface area (Å²) in [5.74, 6) is 0.896. The maximum Gasteiger partial charge on any atom is 0.262 e. The summed E-state index contributed by atoms with van der Waals surface area (Å²) in [6.07, 6.45) is 1.76. The Morgan fingerprint density at radius 1 is 1.09 bits per heavy atom. The summed E-state index contributed by atoms with van der Waals surface area (Å²) in [6, 6.07) is 17.7. The van der Waals surface area contributed by atoms with Crippen LogP contribution >= 0.6 is 11.6 Å². The number of hydrogen-bond acceptors (Lipinski definition) is 4. The topological polar surface area (TPSA) is 64.4 Å². The molecule has 6 nitrogen and oxygen atoms in total. The summed E-state index contributed by atoms with van der Waals surface area (Å²) in [5.41, 5.74) is 2.70. The third kappa shape index (κ3) is 3.97. The van der Waals surface area contributed by atoms with Gasteiger partial charge in [-0.15, -0.1) is 0 Å². The lowest BCUT2D eigenvalue weighted by Crippen LogP contribution is -2.28. The van der Waals surface area contributed by atoms with E-state index < -0.39 is 0 Å². The summed E-state index contributed by atoms with van der Waals surface area (Å²) in [6.45, 7) is 1.85. The van der Waals surface area contributed by atoms with Gasteiger partial charge in [-0.25, -0.2) is 4.98 Å². The lowest BCUT2D eigenvalue weighted by atomic mass is 10.1. The molecule has 0 radical (unpaired) electrons. The fourth-order valence-corrected chi connectivity index (χ4v) is 3.87. The van der Waals surface area contributed by atoms with E-state index in [4.69, 9.17) is 16.3 Å². The number of carbonyl (C=O) groups excluding carboxylic acids is 2. The van der Waals surface area contributed by atoms with Gasteiger partial charge in [0.2, 0.25) is 5.91 Å². The molecular formula is C25H22ClN3O3. The molecule has 4 aromatic rings. The second kappa shape index (κ2) is 8.85. The number of benzene rings is 2. The lowest BCUT2D eigenvalue weighted by Gasteiger charge is -2.16. The molecular weight excluding hydrogens is 426 g/mol. The summed E-state index contributed by atoms with van der Waals surface area (Å²) in [7, 11) is 3.28. The Hall–Kier alpha value is -3.64. The highest BCUT2D eigenvalue weighted by Crippen LogP contribution is 2.31. The number of pyridine rings is 1. The molecule has 0 saturated carbocycles. The lowest BCUT2D eigenvalue weighted by molar-refractivity contribution is -0.117. The highest BCUT2D eigenvalue weighted by molar-refractivity contribution is 6.30. The van der Waals surface area contributed by atoms with Gasteiger partial charge in [-0.1, -0.05) is 17.7 Å². The van der Waals surface area contributed by atoms with Crippen LogP contribution in [0.2, 0.25) is 5.02 Å². The first-order valence-corrected chi connectivity index (χ1v) is 10.4. The fraction of sp³-hybridized carbons (Fsp3) is 0.160. The van der Waals surface area contributed by atoms with E-state index in [1.165, 1.54) is 4.90 Å². The van der Waals surface area contributed by atoms with Gasteiger partial charge in [0.05, 0.1) is 19.0 Å². The SMILES string of the molecule is COc1ccc2c(c1)c(CC(=O)N(C)c1ccccn1)c(C)n2C(=O)c1ccc(Cl)cc1. The first-order valence-electron chi connectivity index (χ1n) is 10.1. The normalized spacial score (nSPS) is 10.9. The molecule has 32 heavy (non-hydrogen) atoms. The minimum absolute atomic E-state index is 0.115. The second-order valence-corrected chi connectivity index (χ2v) is 7.85. The quantitative estimate of drug-likeness (QED) is 0.436. The molecule has 0 fully saturated rings. The van der Waals surface area contributed by atoms with Crippen molar-refractivity contribution in [1.29, 1.82) is 0 Å². The van der Waals surface area contributed by atoms with Crippen molar-refractivity contribution >= 4 is 40.1 Å². The van der Waals surface area contributed by atoms with Crippen molar-refractivity contribution in [3.05, 3.63) is 88.7 Å². The molecule has 0 N–H and O–H groups in total. The highest BCUT2D eigenvalue weighted by atomic mass is 35.5. The summed E-state index contributed by atoms with van der Waals surface area (Å²) in [4.78, 5) is 32.2. The van der Waals surface area contributed by atoms with E-state index in [1.807, 2.05) is 25.1 Å². The molecule has 1 amide bonds. The molecule has 0 atom stereocenters. The van der Waals surface area contributed by atoms with E-state index in [9.17, 15) is 9.59 Å². The largest absolute Gasteiger partial charge is 0.497 e. The second-order valence-electron chi connectivity index (χ2n) is 7.41.